The lowest BCUT2D eigenvalue weighted by Gasteiger charge is -2.32. The van der Waals surface area contributed by atoms with Crippen LogP contribution in [0.5, 0.6) is 0 Å². The molecular formula is C27H33FN6O2. The minimum Gasteiger partial charge on any atom is -0.364 e. The van der Waals surface area contributed by atoms with Crippen molar-refractivity contribution in [3.8, 4) is 11.3 Å². The molecule has 5 rings (SSSR count). The van der Waals surface area contributed by atoms with Crippen molar-refractivity contribution in [1.29, 1.82) is 0 Å². The van der Waals surface area contributed by atoms with E-state index in [9.17, 15) is 9.59 Å². The Morgan fingerprint density at radius 2 is 2.06 bits per heavy atom. The second kappa shape index (κ2) is 9.19. The van der Waals surface area contributed by atoms with Crippen molar-refractivity contribution < 1.29 is 14.0 Å². The first-order valence-corrected chi connectivity index (χ1v) is 12.7. The second-order valence-corrected chi connectivity index (χ2v) is 10.5. The maximum Gasteiger partial charge on any atom is 0.270 e. The summed E-state index contributed by atoms with van der Waals surface area (Å²) in [4.78, 5) is 34.3. The fraction of sp³-hybridized carbons (Fsp3) is 0.481. The van der Waals surface area contributed by atoms with Crippen LogP contribution >= 0.6 is 0 Å². The van der Waals surface area contributed by atoms with Crippen LogP contribution in [0.1, 0.15) is 61.3 Å². The van der Waals surface area contributed by atoms with Crippen molar-refractivity contribution in [2.24, 2.45) is 17.3 Å². The van der Waals surface area contributed by atoms with Gasteiger partial charge >= 0.3 is 0 Å². The molecule has 2 aliphatic carbocycles. The zero-order valence-corrected chi connectivity index (χ0v) is 21.2. The number of amides is 2. The number of hydrogen-bond acceptors (Lipinski definition) is 4. The molecule has 9 heteroatoms. The third kappa shape index (κ3) is 4.54. The molecule has 0 aromatic carbocycles. The molecule has 0 spiro atoms. The Morgan fingerprint density at radius 3 is 2.64 bits per heavy atom. The largest absolute Gasteiger partial charge is 0.364 e. The zero-order chi connectivity index (χ0) is 25.6. The maximum atomic E-state index is 15.1. The highest BCUT2D eigenvalue weighted by Crippen LogP contribution is 2.60. The first kappa shape index (κ1) is 24.2. The molecule has 190 valence electrons. The van der Waals surface area contributed by atoms with Gasteiger partial charge in [-0.2, -0.15) is 5.10 Å². The Morgan fingerprint density at radius 1 is 1.31 bits per heavy atom. The van der Waals surface area contributed by atoms with Crippen LogP contribution in [0.2, 0.25) is 0 Å². The molecular weight excluding hydrogens is 459 g/mol. The molecule has 2 aliphatic rings. The molecule has 3 N–H and O–H groups in total. The minimum absolute atomic E-state index is 0.0121. The summed E-state index contributed by atoms with van der Waals surface area (Å²) in [5.74, 6) is -0.789. The summed E-state index contributed by atoms with van der Waals surface area (Å²) in [6, 6.07) is 2.21. The SMILES string of the molecule is CCn1nccc1C(=O)N[C@H](C(=O)Nc1cnc(-c2c(C)c[nH]c2C)c(F)c1)C(C1CC1)C1(C)CC1. The van der Waals surface area contributed by atoms with Crippen LogP contribution in [0.3, 0.4) is 0 Å². The number of pyridine rings is 1. The number of nitrogens with one attached hydrogen (secondary N) is 3. The highest BCUT2D eigenvalue weighted by molar-refractivity contribution is 6.00. The molecule has 2 atom stereocenters. The van der Waals surface area contributed by atoms with Gasteiger partial charge in [0.1, 0.15) is 17.4 Å². The average molecular weight is 493 g/mol. The predicted molar refractivity (Wildman–Crippen MR) is 135 cm³/mol. The standard InChI is InChI=1S/C27H33FN6O2/c1-5-34-20(8-11-31-34)25(35)33-24(22(17-6-7-17)27(4)9-10-27)26(36)32-18-12-19(28)23(30-14-18)21-15(2)13-29-16(21)3/h8,11-14,17,22,24,29H,5-7,9-10H2,1-4H3,(H,32,36)(H,33,35)/t22?,24-/m0/s1. The Hall–Kier alpha value is -3.49. The van der Waals surface area contributed by atoms with Gasteiger partial charge in [-0.25, -0.2) is 4.39 Å². The van der Waals surface area contributed by atoms with Crippen molar-refractivity contribution >= 4 is 17.5 Å². The van der Waals surface area contributed by atoms with Crippen molar-refractivity contribution in [1.82, 2.24) is 25.1 Å². The second-order valence-electron chi connectivity index (χ2n) is 10.5. The van der Waals surface area contributed by atoms with E-state index in [0.29, 0.717) is 18.2 Å². The molecule has 0 radical (unpaired) electrons. The Balaban J connectivity index is 1.41. The number of H-pyrrole nitrogens is 1. The summed E-state index contributed by atoms with van der Waals surface area (Å²) in [6.45, 7) is 8.41. The molecule has 0 aliphatic heterocycles. The summed E-state index contributed by atoms with van der Waals surface area (Å²) in [5.41, 5.74) is 3.38. The van der Waals surface area contributed by atoms with Crippen LogP contribution in [0.25, 0.3) is 11.3 Å². The molecule has 0 bridgehead atoms. The fourth-order valence-corrected chi connectivity index (χ4v) is 5.47. The molecule has 3 heterocycles. The number of aromatic nitrogens is 4. The first-order chi connectivity index (χ1) is 17.2. The van der Waals surface area contributed by atoms with E-state index < -0.39 is 11.9 Å². The molecule has 0 saturated heterocycles. The number of aryl methyl sites for hydroxylation is 3. The van der Waals surface area contributed by atoms with Crippen molar-refractivity contribution in [2.75, 3.05) is 5.32 Å². The van der Waals surface area contributed by atoms with E-state index in [4.69, 9.17) is 0 Å². The van der Waals surface area contributed by atoms with E-state index in [1.54, 1.807) is 16.9 Å². The number of carbonyl (C=O) groups is 2. The van der Waals surface area contributed by atoms with E-state index >= 15 is 4.39 Å². The van der Waals surface area contributed by atoms with Crippen LogP contribution < -0.4 is 10.6 Å². The molecule has 3 aromatic heterocycles. The van der Waals surface area contributed by atoms with Crippen LogP contribution in [0, 0.1) is 36.9 Å². The lowest BCUT2D eigenvalue weighted by Crippen LogP contribution is -2.51. The van der Waals surface area contributed by atoms with Gasteiger partial charge in [0.05, 0.1) is 11.9 Å². The third-order valence-corrected chi connectivity index (χ3v) is 7.77. The number of carbonyl (C=O) groups excluding carboxylic acids is 2. The highest BCUT2D eigenvalue weighted by atomic mass is 19.1. The molecule has 1 unspecified atom stereocenters. The fourth-order valence-electron chi connectivity index (χ4n) is 5.47. The van der Waals surface area contributed by atoms with Gasteiger partial charge in [0, 0.05) is 36.3 Å². The normalized spacial score (nSPS) is 17.9. The topological polar surface area (TPSA) is 105 Å². The minimum atomic E-state index is -0.741. The number of hydrogen-bond donors (Lipinski definition) is 3. The van der Waals surface area contributed by atoms with Crippen molar-refractivity contribution in [2.45, 2.75) is 66.0 Å². The lowest BCUT2D eigenvalue weighted by atomic mass is 9.80. The summed E-state index contributed by atoms with van der Waals surface area (Å²) < 4.78 is 16.7. The van der Waals surface area contributed by atoms with Crippen LogP contribution in [-0.4, -0.2) is 37.6 Å². The third-order valence-electron chi connectivity index (χ3n) is 7.77. The summed E-state index contributed by atoms with van der Waals surface area (Å²) >= 11 is 0. The van der Waals surface area contributed by atoms with E-state index in [1.807, 2.05) is 27.0 Å². The first-order valence-electron chi connectivity index (χ1n) is 12.7. The van der Waals surface area contributed by atoms with Gasteiger partial charge in [0.15, 0.2) is 5.82 Å². The predicted octanol–water partition coefficient (Wildman–Crippen LogP) is 4.61. The highest BCUT2D eigenvalue weighted by Gasteiger charge is 2.55. The summed E-state index contributed by atoms with van der Waals surface area (Å²) in [5, 5.41) is 10.0. The van der Waals surface area contributed by atoms with Crippen molar-refractivity contribution in [3.63, 3.8) is 0 Å². The van der Waals surface area contributed by atoms with Gasteiger partial charge < -0.3 is 15.6 Å². The maximum absolute atomic E-state index is 15.1. The molecule has 2 saturated carbocycles. The van der Waals surface area contributed by atoms with E-state index in [-0.39, 0.29) is 34.5 Å². The van der Waals surface area contributed by atoms with Crippen molar-refractivity contribution in [3.05, 3.63) is 53.5 Å². The number of anilines is 1. The smallest absolute Gasteiger partial charge is 0.270 e. The van der Waals surface area contributed by atoms with Gasteiger partial charge in [-0.3, -0.25) is 19.3 Å². The zero-order valence-electron chi connectivity index (χ0n) is 21.2. The Bertz CT molecular complexity index is 1280. The molecule has 2 fully saturated rings. The van der Waals surface area contributed by atoms with Gasteiger partial charge in [0.25, 0.3) is 5.91 Å². The van der Waals surface area contributed by atoms with Gasteiger partial charge in [-0.05, 0) is 75.3 Å². The Kier molecular flexibility index (Phi) is 6.18. The Labute approximate surface area is 210 Å². The lowest BCUT2D eigenvalue weighted by molar-refractivity contribution is -0.120. The number of rotatable bonds is 9. The monoisotopic (exact) mass is 492 g/mol. The molecule has 3 aromatic rings. The number of halogens is 1. The average Bonchev–Trinajstić information content (AvgIpc) is 3.74. The van der Waals surface area contributed by atoms with Crippen LogP contribution in [-0.2, 0) is 11.3 Å². The molecule has 8 nitrogen and oxygen atoms in total. The number of nitrogens with zero attached hydrogens (tertiary/aromatic N) is 3. The summed E-state index contributed by atoms with van der Waals surface area (Å²) in [6.07, 6.45) is 9.02. The van der Waals surface area contributed by atoms with E-state index in [1.165, 1.54) is 12.3 Å². The van der Waals surface area contributed by atoms with Gasteiger partial charge in [-0.15, -0.1) is 0 Å². The van der Waals surface area contributed by atoms with Gasteiger partial charge in [-0.1, -0.05) is 6.92 Å². The molecule has 2 amide bonds. The molecule has 36 heavy (non-hydrogen) atoms. The van der Waals surface area contributed by atoms with E-state index in [2.05, 4.69) is 32.6 Å². The number of aromatic amines is 1. The van der Waals surface area contributed by atoms with E-state index in [0.717, 1.165) is 42.5 Å². The van der Waals surface area contributed by atoms with Crippen LogP contribution in [0.4, 0.5) is 10.1 Å². The van der Waals surface area contributed by atoms with Crippen LogP contribution in [0.15, 0.2) is 30.7 Å². The quantitative estimate of drug-likeness (QED) is 0.406. The summed E-state index contributed by atoms with van der Waals surface area (Å²) in [7, 11) is 0. The van der Waals surface area contributed by atoms with Gasteiger partial charge in [0.2, 0.25) is 5.91 Å².